The zero-order valence-corrected chi connectivity index (χ0v) is 10.3. The van der Waals surface area contributed by atoms with Crippen molar-refractivity contribution in [1.82, 2.24) is 9.88 Å². The third kappa shape index (κ3) is 2.10. The van der Waals surface area contributed by atoms with E-state index < -0.39 is 5.97 Å². The van der Waals surface area contributed by atoms with Gasteiger partial charge in [0.25, 0.3) is 0 Å². The van der Waals surface area contributed by atoms with Crippen LogP contribution in [-0.2, 0) is 4.79 Å². The van der Waals surface area contributed by atoms with Crippen molar-refractivity contribution in [2.45, 2.75) is 19.9 Å². The SMILES string of the molecule is CC(C(=O)O)C1CN(C(C)c2cncs2)C1. The van der Waals surface area contributed by atoms with Crippen molar-refractivity contribution < 1.29 is 9.90 Å². The fourth-order valence-corrected chi connectivity index (χ4v) is 2.71. The van der Waals surface area contributed by atoms with Crippen molar-refractivity contribution in [3.8, 4) is 0 Å². The molecule has 0 spiro atoms. The van der Waals surface area contributed by atoms with Gasteiger partial charge in [0.2, 0.25) is 0 Å². The molecule has 2 heterocycles. The Hall–Kier alpha value is -0.940. The maximum Gasteiger partial charge on any atom is 0.306 e. The van der Waals surface area contributed by atoms with Gasteiger partial charge in [-0.25, -0.2) is 0 Å². The molecule has 0 aliphatic carbocycles. The summed E-state index contributed by atoms with van der Waals surface area (Å²) in [6, 6.07) is 0.366. The number of likely N-dealkylation sites (tertiary alicyclic amines) is 1. The summed E-state index contributed by atoms with van der Waals surface area (Å²) in [5, 5.41) is 8.90. The molecule has 5 heteroatoms. The zero-order valence-electron chi connectivity index (χ0n) is 9.46. The quantitative estimate of drug-likeness (QED) is 0.872. The number of hydrogen-bond acceptors (Lipinski definition) is 4. The van der Waals surface area contributed by atoms with E-state index in [0.29, 0.717) is 12.0 Å². The third-order valence-corrected chi connectivity index (χ3v) is 4.39. The number of thiazole rings is 1. The lowest BCUT2D eigenvalue weighted by molar-refractivity contribution is -0.145. The molecule has 2 rings (SSSR count). The predicted octanol–water partition coefficient (Wildman–Crippen LogP) is 1.86. The summed E-state index contributed by atoms with van der Waals surface area (Å²) in [5.41, 5.74) is 1.84. The summed E-state index contributed by atoms with van der Waals surface area (Å²) in [6.07, 6.45) is 1.89. The van der Waals surface area contributed by atoms with Gasteiger partial charge in [-0.3, -0.25) is 14.7 Å². The fourth-order valence-electron chi connectivity index (χ4n) is 1.99. The molecule has 0 bridgehead atoms. The minimum Gasteiger partial charge on any atom is -0.481 e. The van der Waals surface area contributed by atoms with Crippen LogP contribution in [0.25, 0.3) is 0 Å². The smallest absolute Gasteiger partial charge is 0.306 e. The number of nitrogens with zero attached hydrogens (tertiary/aromatic N) is 2. The molecule has 4 nitrogen and oxygen atoms in total. The molecular weight excluding hydrogens is 224 g/mol. The second-order valence-corrected chi connectivity index (χ2v) is 5.34. The zero-order chi connectivity index (χ0) is 11.7. The predicted molar refractivity (Wildman–Crippen MR) is 62.4 cm³/mol. The van der Waals surface area contributed by atoms with Crippen LogP contribution in [0.15, 0.2) is 11.7 Å². The van der Waals surface area contributed by atoms with Gasteiger partial charge in [0.1, 0.15) is 0 Å². The Kier molecular flexibility index (Phi) is 3.25. The van der Waals surface area contributed by atoms with Crippen molar-refractivity contribution in [2.24, 2.45) is 11.8 Å². The van der Waals surface area contributed by atoms with E-state index in [1.54, 1.807) is 18.3 Å². The number of carboxylic acid groups (broad SMARTS) is 1. The first-order valence-corrected chi connectivity index (χ1v) is 6.32. The van der Waals surface area contributed by atoms with Gasteiger partial charge in [0.05, 0.1) is 11.4 Å². The molecule has 16 heavy (non-hydrogen) atoms. The van der Waals surface area contributed by atoms with E-state index in [0.717, 1.165) is 13.1 Å². The first-order chi connectivity index (χ1) is 7.59. The Morgan fingerprint density at radius 2 is 2.31 bits per heavy atom. The van der Waals surface area contributed by atoms with Crippen LogP contribution in [0.3, 0.4) is 0 Å². The van der Waals surface area contributed by atoms with Gasteiger partial charge in [-0.1, -0.05) is 6.92 Å². The molecule has 1 aliphatic heterocycles. The number of carbonyl (C=O) groups is 1. The van der Waals surface area contributed by atoms with E-state index in [9.17, 15) is 4.79 Å². The molecular formula is C11H16N2O2S. The van der Waals surface area contributed by atoms with E-state index in [1.807, 2.05) is 11.7 Å². The minimum absolute atomic E-state index is 0.232. The van der Waals surface area contributed by atoms with Crippen molar-refractivity contribution in [3.63, 3.8) is 0 Å². The van der Waals surface area contributed by atoms with Crippen LogP contribution >= 0.6 is 11.3 Å². The van der Waals surface area contributed by atoms with Gasteiger partial charge in [-0.2, -0.15) is 0 Å². The maximum absolute atomic E-state index is 10.8. The minimum atomic E-state index is -0.685. The molecule has 0 amide bonds. The molecule has 1 aliphatic rings. The molecule has 1 aromatic rings. The van der Waals surface area contributed by atoms with Gasteiger partial charge in [-0.05, 0) is 12.8 Å². The fraction of sp³-hybridized carbons (Fsp3) is 0.636. The number of aromatic nitrogens is 1. The topological polar surface area (TPSA) is 53.4 Å². The van der Waals surface area contributed by atoms with Crippen LogP contribution in [-0.4, -0.2) is 34.0 Å². The van der Waals surface area contributed by atoms with Crippen LogP contribution in [0, 0.1) is 11.8 Å². The summed E-state index contributed by atoms with van der Waals surface area (Å²) >= 11 is 1.66. The van der Waals surface area contributed by atoms with Gasteiger partial charge < -0.3 is 5.11 Å². The highest BCUT2D eigenvalue weighted by Crippen LogP contribution is 2.33. The summed E-state index contributed by atoms with van der Waals surface area (Å²) in [4.78, 5) is 18.4. The lowest BCUT2D eigenvalue weighted by atomic mass is 9.86. The van der Waals surface area contributed by atoms with Crippen LogP contribution in [0.2, 0.25) is 0 Å². The molecule has 1 saturated heterocycles. The Morgan fingerprint density at radius 3 is 2.81 bits per heavy atom. The number of carboxylic acids is 1. The molecule has 2 atom stereocenters. The van der Waals surface area contributed by atoms with Crippen LogP contribution < -0.4 is 0 Å². The average molecular weight is 240 g/mol. The summed E-state index contributed by atoms with van der Waals surface area (Å²) in [5.74, 6) is -0.618. The normalized spacial score (nSPS) is 21.4. The Morgan fingerprint density at radius 1 is 1.62 bits per heavy atom. The molecule has 0 aromatic carbocycles. The number of aliphatic carboxylic acids is 1. The van der Waals surface area contributed by atoms with Crippen LogP contribution in [0.4, 0.5) is 0 Å². The van der Waals surface area contributed by atoms with Crippen molar-refractivity contribution >= 4 is 17.3 Å². The summed E-state index contributed by atoms with van der Waals surface area (Å²) in [6.45, 7) is 5.70. The van der Waals surface area contributed by atoms with Crippen LogP contribution in [0.5, 0.6) is 0 Å². The van der Waals surface area contributed by atoms with E-state index in [4.69, 9.17) is 5.11 Å². The molecule has 0 radical (unpaired) electrons. The monoisotopic (exact) mass is 240 g/mol. The molecule has 88 valence electrons. The molecule has 1 aromatic heterocycles. The highest BCUT2D eigenvalue weighted by atomic mass is 32.1. The summed E-state index contributed by atoms with van der Waals surface area (Å²) in [7, 11) is 0. The van der Waals surface area contributed by atoms with Gasteiger partial charge in [0, 0.05) is 30.2 Å². The standard InChI is InChI=1S/C11H16N2O2S/c1-7(11(14)15)9-4-13(5-9)8(2)10-3-12-6-16-10/h3,6-9H,4-5H2,1-2H3,(H,14,15). The Labute approximate surface area is 98.9 Å². The van der Waals surface area contributed by atoms with Gasteiger partial charge in [-0.15, -0.1) is 11.3 Å². The largest absolute Gasteiger partial charge is 0.481 e. The van der Waals surface area contributed by atoms with E-state index >= 15 is 0 Å². The Bertz CT molecular complexity index is 360. The first kappa shape index (κ1) is 11.5. The second-order valence-electron chi connectivity index (χ2n) is 4.42. The maximum atomic E-state index is 10.8. The summed E-state index contributed by atoms with van der Waals surface area (Å²) < 4.78 is 0. The molecule has 0 saturated carbocycles. The third-order valence-electron chi connectivity index (χ3n) is 3.45. The number of rotatable bonds is 4. The van der Waals surface area contributed by atoms with Crippen molar-refractivity contribution in [3.05, 3.63) is 16.6 Å². The molecule has 2 unspecified atom stereocenters. The van der Waals surface area contributed by atoms with Crippen molar-refractivity contribution in [1.29, 1.82) is 0 Å². The highest BCUT2D eigenvalue weighted by molar-refractivity contribution is 7.09. The lowest BCUT2D eigenvalue weighted by Crippen LogP contribution is -2.51. The van der Waals surface area contributed by atoms with Crippen molar-refractivity contribution in [2.75, 3.05) is 13.1 Å². The molecule has 1 fully saturated rings. The van der Waals surface area contributed by atoms with E-state index in [-0.39, 0.29) is 5.92 Å². The van der Waals surface area contributed by atoms with E-state index in [2.05, 4.69) is 16.8 Å². The van der Waals surface area contributed by atoms with Gasteiger partial charge in [0.15, 0.2) is 0 Å². The second kappa shape index (κ2) is 4.51. The molecule has 1 N–H and O–H groups in total. The average Bonchev–Trinajstić information content (AvgIpc) is 2.67. The lowest BCUT2D eigenvalue weighted by Gasteiger charge is -2.44. The van der Waals surface area contributed by atoms with Gasteiger partial charge >= 0.3 is 5.97 Å². The highest BCUT2D eigenvalue weighted by Gasteiger charge is 2.37. The van der Waals surface area contributed by atoms with Crippen LogP contribution in [0.1, 0.15) is 24.8 Å². The van der Waals surface area contributed by atoms with E-state index in [1.165, 1.54) is 4.88 Å². The Balaban J connectivity index is 1.87. The first-order valence-electron chi connectivity index (χ1n) is 5.45. The number of hydrogen-bond donors (Lipinski definition) is 1.